The molecule has 30 heavy (non-hydrogen) atoms. The quantitative estimate of drug-likeness (QED) is 0.447. The number of nitrogens with one attached hydrogen (secondary N) is 1. The summed E-state index contributed by atoms with van der Waals surface area (Å²) in [4.78, 5) is 38.9. The molecular weight excluding hydrogens is 380 g/mol. The maximum Gasteiger partial charge on any atom is 0.335 e. The van der Waals surface area contributed by atoms with Crippen molar-refractivity contribution < 1.29 is 19.1 Å². The number of allylic oxidation sites excluding steroid dienone is 1. The number of rotatable bonds is 6. The first-order valence-corrected chi connectivity index (χ1v) is 9.70. The van der Waals surface area contributed by atoms with E-state index in [9.17, 15) is 14.4 Å². The van der Waals surface area contributed by atoms with Crippen molar-refractivity contribution >= 4 is 29.6 Å². The third-order valence-corrected chi connectivity index (χ3v) is 4.63. The normalized spacial score (nSPS) is 15.4. The minimum atomic E-state index is -0.758. The van der Waals surface area contributed by atoms with Gasteiger partial charge in [0.25, 0.3) is 11.8 Å². The first-order chi connectivity index (χ1) is 14.3. The lowest BCUT2D eigenvalue weighted by atomic mass is 10.0. The number of barbiturate groups is 1. The number of urea groups is 1. The van der Waals surface area contributed by atoms with E-state index in [1.54, 1.807) is 30.3 Å². The molecule has 0 aliphatic carbocycles. The zero-order valence-electron chi connectivity index (χ0n) is 17.3. The van der Waals surface area contributed by atoms with Gasteiger partial charge in [0.2, 0.25) is 0 Å². The molecule has 0 aromatic heterocycles. The van der Waals surface area contributed by atoms with Crippen LogP contribution in [0, 0.1) is 13.8 Å². The first-order valence-electron chi connectivity index (χ1n) is 9.70. The highest BCUT2D eigenvalue weighted by Gasteiger charge is 2.36. The van der Waals surface area contributed by atoms with E-state index in [1.807, 2.05) is 32.9 Å². The van der Waals surface area contributed by atoms with E-state index in [1.165, 1.54) is 6.08 Å². The van der Waals surface area contributed by atoms with Crippen LogP contribution in [-0.4, -0.2) is 24.5 Å². The van der Waals surface area contributed by atoms with Crippen molar-refractivity contribution in [2.45, 2.75) is 27.2 Å². The molecule has 2 aromatic rings. The third kappa shape index (κ3) is 4.33. The number of anilines is 1. The summed E-state index contributed by atoms with van der Waals surface area (Å²) in [6.07, 6.45) is 3.83. The van der Waals surface area contributed by atoms with Gasteiger partial charge < -0.3 is 4.74 Å². The summed E-state index contributed by atoms with van der Waals surface area (Å²) in [5.74, 6) is -0.649. The van der Waals surface area contributed by atoms with Crippen molar-refractivity contribution in [1.82, 2.24) is 5.32 Å². The minimum absolute atomic E-state index is 0.109. The number of aryl methyl sites for hydroxylation is 2. The Morgan fingerprint density at radius 2 is 1.77 bits per heavy atom. The molecule has 1 N–H and O–H groups in total. The summed E-state index contributed by atoms with van der Waals surface area (Å²) in [5.41, 5.74) is 3.69. The van der Waals surface area contributed by atoms with E-state index in [0.29, 0.717) is 24.3 Å². The molecule has 6 heteroatoms. The van der Waals surface area contributed by atoms with Crippen molar-refractivity contribution in [3.63, 3.8) is 0 Å². The van der Waals surface area contributed by atoms with Crippen LogP contribution in [0.4, 0.5) is 10.5 Å². The number of carbonyl (C=O) groups is 3. The fraction of sp³-hybridized carbons (Fsp3) is 0.208. The second kappa shape index (κ2) is 8.78. The smallest absolute Gasteiger partial charge is 0.335 e. The van der Waals surface area contributed by atoms with E-state index in [2.05, 4.69) is 11.9 Å². The zero-order valence-corrected chi connectivity index (χ0v) is 17.3. The molecule has 3 rings (SSSR count). The van der Waals surface area contributed by atoms with Crippen LogP contribution in [0.2, 0.25) is 0 Å². The standard InChI is InChI=1S/C24H24N2O4/c1-5-7-18-13-17(8-9-21(18)30-6-2)14-20-22(27)25-24(29)26(23(20)28)19-11-15(3)10-16(4)12-19/h5,8-14H,1,6-7H2,2-4H3,(H,25,27,29)/b20-14+. The summed E-state index contributed by atoms with van der Waals surface area (Å²) in [6.45, 7) is 9.95. The Labute approximate surface area is 175 Å². The monoisotopic (exact) mass is 404 g/mol. The molecule has 6 nitrogen and oxygen atoms in total. The number of carbonyl (C=O) groups excluding carboxylic acids is 3. The van der Waals surface area contributed by atoms with E-state index >= 15 is 0 Å². The van der Waals surface area contributed by atoms with Gasteiger partial charge in [0.15, 0.2) is 0 Å². The van der Waals surface area contributed by atoms with Gasteiger partial charge in [-0.05, 0) is 79.8 Å². The lowest BCUT2D eigenvalue weighted by Crippen LogP contribution is -2.54. The van der Waals surface area contributed by atoms with Gasteiger partial charge in [-0.15, -0.1) is 6.58 Å². The van der Waals surface area contributed by atoms with E-state index in [0.717, 1.165) is 27.3 Å². The Bertz CT molecular complexity index is 1050. The van der Waals surface area contributed by atoms with Gasteiger partial charge in [0.05, 0.1) is 12.3 Å². The number of hydrogen-bond acceptors (Lipinski definition) is 4. The van der Waals surface area contributed by atoms with Gasteiger partial charge >= 0.3 is 6.03 Å². The average molecular weight is 404 g/mol. The fourth-order valence-corrected chi connectivity index (χ4v) is 3.44. The molecule has 0 bridgehead atoms. The summed E-state index contributed by atoms with van der Waals surface area (Å²) < 4.78 is 5.62. The maximum absolute atomic E-state index is 13.1. The summed E-state index contributed by atoms with van der Waals surface area (Å²) >= 11 is 0. The van der Waals surface area contributed by atoms with Crippen LogP contribution in [0.5, 0.6) is 5.75 Å². The molecule has 1 heterocycles. The van der Waals surface area contributed by atoms with E-state index in [4.69, 9.17) is 4.74 Å². The highest BCUT2D eigenvalue weighted by Crippen LogP contribution is 2.26. The van der Waals surface area contributed by atoms with Crippen molar-refractivity contribution in [3.8, 4) is 5.75 Å². The lowest BCUT2D eigenvalue weighted by Gasteiger charge is -2.27. The van der Waals surface area contributed by atoms with Crippen LogP contribution in [0.25, 0.3) is 6.08 Å². The molecule has 0 radical (unpaired) electrons. The summed E-state index contributed by atoms with van der Waals surface area (Å²) in [6, 6.07) is 10.1. The molecule has 154 valence electrons. The maximum atomic E-state index is 13.1. The second-order valence-corrected chi connectivity index (χ2v) is 7.10. The molecule has 0 unspecified atom stereocenters. The average Bonchev–Trinajstić information content (AvgIpc) is 2.66. The third-order valence-electron chi connectivity index (χ3n) is 4.63. The summed E-state index contributed by atoms with van der Waals surface area (Å²) in [5, 5.41) is 2.26. The predicted molar refractivity (Wildman–Crippen MR) is 116 cm³/mol. The van der Waals surface area contributed by atoms with Crippen LogP contribution in [0.1, 0.15) is 29.2 Å². The first kappa shape index (κ1) is 21.0. The van der Waals surface area contributed by atoms with Crippen molar-refractivity contribution in [1.29, 1.82) is 0 Å². The molecule has 4 amide bonds. The zero-order chi connectivity index (χ0) is 21.8. The molecule has 0 saturated carbocycles. The van der Waals surface area contributed by atoms with Gasteiger partial charge in [-0.25, -0.2) is 9.69 Å². The Kier molecular flexibility index (Phi) is 6.16. The number of amides is 4. The number of benzene rings is 2. The van der Waals surface area contributed by atoms with Crippen LogP contribution in [-0.2, 0) is 16.0 Å². The minimum Gasteiger partial charge on any atom is -0.494 e. The SMILES string of the molecule is C=CCc1cc(/C=C2\C(=O)NC(=O)N(c3cc(C)cc(C)c3)C2=O)ccc1OCC. The van der Waals surface area contributed by atoms with Crippen molar-refractivity contribution in [2.24, 2.45) is 0 Å². The van der Waals surface area contributed by atoms with Gasteiger partial charge in [0.1, 0.15) is 11.3 Å². The molecule has 0 spiro atoms. The van der Waals surface area contributed by atoms with Gasteiger partial charge in [-0.1, -0.05) is 18.2 Å². The van der Waals surface area contributed by atoms with Gasteiger partial charge in [-0.3, -0.25) is 14.9 Å². The van der Waals surface area contributed by atoms with Crippen molar-refractivity contribution in [2.75, 3.05) is 11.5 Å². The predicted octanol–water partition coefficient (Wildman–Crippen LogP) is 4.10. The van der Waals surface area contributed by atoms with Crippen LogP contribution in [0.15, 0.2) is 54.6 Å². The number of imide groups is 2. The molecule has 0 atom stereocenters. The van der Waals surface area contributed by atoms with E-state index in [-0.39, 0.29) is 5.57 Å². The molecule has 1 fully saturated rings. The molecule has 1 aliphatic rings. The lowest BCUT2D eigenvalue weighted by molar-refractivity contribution is -0.122. The molecule has 2 aromatic carbocycles. The number of nitrogens with zero attached hydrogens (tertiary/aromatic N) is 1. The number of ether oxygens (including phenoxy) is 1. The Morgan fingerprint density at radius 1 is 1.07 bits per heavy atom. The second-order valence-electron chi connectivity index (χ2n) is 7.10. The van der Waals surface area contributed by atoms with Gasteiger partial charge in [-0.2, -0.15) is 0 Å². The highest BCUT2D eigenvalue weighted by atomic mass is 16.5. The van der Waals surface area contributed by atoms with Crippen LogP contribution in [0.3, 0.4) is 0 Å². The molecule has 1 aliphatic heterocycles. The van der Waals surface area contributed by atoms with E-state index < -0.39 is 17.8 Å². The van der Waals surface area contributed by atoms with Crippen molar-refractivity contribution in [3.05, 3.63) is 76.9 Å². The van der Waals surface area contributed by atoms with Crippen LogP contribution >= 0.6 is 0 Å². The highest BCUT2D eigenvalue weighted by molar-refractivity contribution is 6.39. The summed E-state index contributed by atoms with van der Waals surface area (Å²) in [7, 11) is 0. The fourth-order valence-electron chi connectivity index (χ4n) is 3.44. The van der Waals surface area contributed by atoms with Gasteiger partial charge in [0, 0.05) is 0 Å². The number of hydrogen-bond donors (Lipinski definition) is 1. The topological polar surface area (TPSA) is 75.7 Å². The van der Waals surface area contributed by atoms with Crippen LogP contribution < -0.4 is 15.0 Å². The Balaban J connectivity index is 2.02. The Hall–Kier alpha value is -3.67. The molecular formula is C24H24N2O4. The Morgan fingerprint density at radius 3 is 2.40 bits per heavy atom. The molecule has 1 saturated heterocycles. The largest absolute Gasteiger partial charge is 0.494 e.